The molecule has 0 heterocycles. The molecule has 138 valence electrons. The second-order valence-corrected chi connectivity index (χ2v) is 5.19. The number of hydrogen-bond acceptors (Lipinski definition) is 5. The average molecular weight is 366 g/mol. The molecular weight excluding hydrogens is 348 g/mol. The van der Waals surface area contributed by atoms with Crippen LogP contribution in [0, 0.1) is 22.0 Å². The number of methoxy groups -OCH3 is 1. The monoisotopic (exact) mass is 366 g/mol. The maximum absolute atomic E-state index is 11.7. The summed E-state index contributed by atoms with van der Waals surface area (Å²) in [6, 6.07) is 13.1. The fourth-order valence-corrected chi connectivity index (χ4v) is 2.03. The Hall–Kier alpha value is -3.79. The van der Waals surface area contributed by atoms with Crippen LogP contribution in [0.15, 0.2) is 54.6 Å². The normalized spacial score (nSPS) is 9.96. The maximum atomic E-state index is 11.7. The lowest BCUT2D eigenvalue weighted by molar-refractivity contribution is -0.384. The largest absolute Gasteiger partial charge is 0.493 e. The third-order valence-corrected chi connectivity index (χ3v) is 3.38. The summed E-state index contributed by atoms with van der Waals surface area (Å²) in [5, 5.41) is 13.2. The topological polar surface area (TPSA) is 90.7 Å². The van der Waals surface area contributed by atoms with E-state index in [-0.39, 0.29) is 24.7 Å². The fraction of sp³-hybridized carbons (Fsp3) is 0.150. The van der Waals surface area contributed by atoms with Gasteiger partial charge in [-0.25, -0.2) is 0 Å². The van der Waals surface area contributed by atoms with Crippen molar-refractivity contribution in [1.29, 1.82) is 0 Å². The van der Waals surface area contributed by atoms with Gasteiger partial charge in [0.1, 0.15) is 6.61 Å². The summed E-state index contributed by atoms with van der Waals surface area (Å²) >= 11 is 0. The van der Waals surface area contributed by atoms with Gasteiger partial charge in [-0.2, -0.15) is 0 Å². The molecule has 27 heavy (non-hydrogen) atoms. The quantitative estimate of drug-likeness (QED) is 0.352. The molecule has 0 saturated heterocycles. The van der Waals surface area contributed by atoms with Crippen molar-refractivity contribution in [2.75, 3.05) is 20.3 Å². The highest BCUT2D eigenvalue weighted by Gasteiger charge is 2.02. The highest BCUT2D eigenvalue weighted by atomic mass is 16.6. The summed E-state index contributed by atoms with van der Waals surface area (Å²) in [6.45, 7) is 0.355. The number of nitrogens with zero attached hydrogens (tertiary/aromatic N) is 1. The first kappa shape index (κ1) is 19.5. The first-order chi connectivity index (χ1) is 13.1. The van der Waals surface area contributed by atoms with E-state index in [1.165, 1.54) is 18.2 Å². The number of nitrogens with one attached hydrogen (secondary N) is 1. The Morgan fingerprint density at radius 3 is 2.52 bits per heavy atom. The van der Waals surface area contributed by atoms with Crippen LogP contribution < -0.4 is 14.8 Å². The Labute approximate surface area is 156 Å². The standard InChI is InChI=1S/C20H18N2O5/c1-26-18-6-2-3-7-19(18)27-15-5-4-14-21-20(23)13-10-16-8-11-17(12-9-16)22(24)25/h2-3,6-13H,14-15H2,1H3,(H,21,23)/b13-10+. The lowest BCUT2D eigenvalue weighted by atomic mass is 10.2. The van der Waals surface area contributed by atoms with E-state index in [0.29, 0.717) is 17.1 Å². The molecule has 2 rings (SSSR count). The molecule has 7 heteroatoms. The van der Waals surface area contributed by atoms with Crippen molar-refractivity contribution < 1.29 is 19.2 Å². The van der Waals surface area contributed by atoms with Crippen molar-refractivity contribution in [3.05, 3.63) is 70.3 Å². The van der Waals surface area contributed by atoms with Gasteiger partial charge >= 0.3 is 0 Å². The first-order valence-electron chi connectivity index (χ1n) is 8.02. The van der Waals surface area contributed by atoms with Gasteiger partial charge in [-0.1, -0.05) is 24.0 Å². The molecule has 1 N–H and O–H groups in total. The highest BCUT2D eigenvalue weighted by molar-refractivity contribution is 5.91. The Balaban J connectivity index is 1.73. The molecule has 7 nitrogen and oxygen atoms in total. The number of nitro groups is 1. The molecule has 0 fully saturated rings. The fourth-order valence-electron chi connectivity index (χ4n) is 2.03. The predicted octanol–water partition coefficient (Wildman–Crippen LogP) is 2.82. The van der Waals surface area contributed by atoms with Gasteiger partial charge in [0.05, 0.1) is 18.6 Å². The number of carbonyl (C=O) groups is 1. The van der Waals surface area contributed by atoms with Crippen molar-refractivity contribution in [1.82, 2.24) is 5.32 Å². The van der Waals surface area contributed by atoms with Gasteiger partial charge in [-0.05, 0) is 35.9 Å². The van der Waals surface area contributed by atoms with Crippen LogP contribution in [0.4, 0.5) is 5.69 Å². The molecular formula is C20H18N2O5. The zero-order valence-corrected chi connectivity index (χ0v) is 14.7. The number of para-hydroxylation sites is 2. The predicted molar refractivity (Wildman–Crippen MR) is 101 cm³/mol. The van der Waals surface area contributed by atoms with E-state index < -0.39 is 4.92 Å². The number of non-ortho nitro benzene ring substituents is 1. The molecule has 0 bridgehead atoms. The van der Waals surface area contributed by atoms with Crippen molar-refractivity contribution in [2.45, 2.75) is 0 Å². The van der Waals surface area contributed by atoms with Gasteiger partial charge in [0, 0.05) is 18.2 Å². The molecule has 0 saturated carbocycles. The second-order valence-electron chi connectivity index (χ2n) is 5.19. The molecule has 2 aromatic carbocycles. The zero-order chi connectivity index (χ0) is 19.5. The van der Waals surface area contributed by atoms with Crippen LogP contribution in [0.2, 0.25) is 0 Å². The van der Waals surface area contributed by atoms with Crippen LogP contribution >= 0.6 is 0 Å². The van der Waals surface area contributed by atoms with Gasteiger partial charge in [-0.3, -0.25) is 14.9 Å². The molecule has 0 aliphatic rings. The maximum Gasteiger partial charge on any atom is 0.269 e. The van der Waals surface area contributed by atoms with E-state index in [2.05, 4.69) is 17.2 Å². The van der Waals surface area contributed by atoms with Crippen molar-refractivity contribution >= 4 is 17.7 Å². The van der Waals surface area contributed by atoms with Gasteiger partial charge in [0.25, 0.3) is 5.69 Å². The summed E-state index contributed by atoms with van der Waals surface area (Å²) in [6.07, 6.45) is 2.91. The molecule has 0 atom stereocenters. The number of rotatable bonds is 7. The lowest BCUT2D eigenvalue weighted by Crippen LogP contribution is -2.21. The molecule has 0 aliphatic heterocycles. The van der Waals surface area contributed by atoms with E-state index in [1.807, 2.05) is 12.1 Å². The van der Waals surface area contributed by atoms with Gasteiger partial charge in [-0.15, -0.1) is 0 Å². The number of nitro benzene ring substituents is 1. The van der Waals surface area contributed by atoms with Crippen molar-refractivity contribution in [3.8, 4) is 23.3 Å². The lowest BCUT2D eigenvalue weighted by Gasteiger charge is -2.07. The number of carbonyl (C=O) groups excluding carboxylic acids is 1. The van der Waals surface area contributed by atoms with Crippen LogP contribution in [-0.2, 0) is 4.79 Å². The Morgan fingerprint density at radius 2 is 1.85 bits per heavy atom. The van der Waals surface area contributed by atoms with E-state index in [0.717, 1.165) is 0 Å². The minimum absolute atomic E-state index is 0.00205. The van der Waals surface area contributed by atoms with Gasteiger partial charge < -0.3 is 14.8 Å². The first-order valence-corrected chi connectivity index (χ1v) is 8.02. The number of ether oxygens (including phenoxy) is 2. The molecule has 0 spiro atoms. The summed E-state index contributed by atoms with van der Waals surface area (Å²) < 4.78 is 10.7. The van der Waals surface area contributed by atoms with Crippen molar-refractivity contribution in [3.63, 3.8) is 0 Å². The zero-order valence-electron chi connectivity index (χ0n) is 14.7. The van der Waals surface area contributed by atoms with Crippen LogP contribution in [0.3, 0.4) is 0 Å². The van der Waals surface area contributed by atoms with Crippen molar-refractivity contribution in [2.24, 2.45) is 0 Å². The number of amides is 1. The summed E-state index contributed by atoms with van der Waals surface area (Å²) in [7, 11) is 1.56. The number of hydrogen-bond donors (Lipinski definition) is 1. The highest BCUT2D eigenvalue weighted by Crippen LogP contribution is 2.25. The molecule has 0 unspecified atom stereocenters. The Kier molecular flexibility index (Phi) is 7.42. The van der Waals surface area contributed by atoms with Crippen LogP contribution in [0.25, 0.3) is 6.08 Å². The Morgan fingerprint density at radius 1 is 1.15 bits per heavy atom. The van der Waals surface area contributed by atoms with Gasteiger partial charge in [0.2, 0.25) is 5.91 Å². The van der Waals surface area contributed by atoms with Crippen LogP contribution in [-0.4, -0.2) is 31.1 Å². The van der Waals surface area contributed by atoms with E-state index in [1.54, 1.807) is 37.5 Å². The summed E-state index contributed by atoms with van der Waals surface area (Å²) in [5.74, 6) is 6.50. The van der Waals surface area contributed by atoms with Crippen LogP contribution in [0.1, 0.15) is 5.56 Å². The third-order valence-electron chi connectivity index (χ3n) is 3.38. The summed E-state index contributed by atoms with van der Waals surface area (Å²) in [5.41, 5.74) is 0.689. The minimum Gasteiger partial charge on any atom is -0.493 e. The third kappa shape index (κ3) is 6.55. The average Bonchev–Trinajstić information content (AvgIpc) is 2.69. The molecule has 0 aliphatic carbocycles. The summed E-state index contributed by atoms with van der Waals surface area (Å²) in [4.78, 5) is 21.8. The van der Waals surface area contributed by atoms with E-state index in [4.69, 9.17) is 9.47 Å². The van der Waals surface area contributed by atoms with Gasteiger partial charge in [0.15, 0.2) is 11.5 Å². The number of benzene rings is 2. The Bertz CT molecular complexity index is 879. The second kappa shape index (κ2) is 10.3. The van der Waals surface area contributed by atoms with Crippen LogP contribution in [0.5, 0.6) is 11.5 Å². The smallest absolute Gasteiger partial charge is 0.269 e. The van der Waals surface area contributed by atoms with E-state index in [9.17, 15) is 14.9 Å². The minimum atomic E-state index is -0.476. The molecule has 1 amide bonds. The molecule has 0 radical (unpaired) electrons. The molecule has 0 aromatic heterocycles. The SMILES string of the molecule is COc1ccccc1OCC#CCNC(=O)/C=C/c1ccc([N+](=O)[O-])cc1. The molecule has 2 aromatic rings. The van der Waals surface area contributed by atoms with E-state index >= 15 is 0 Å².